The zero-order valence-electron chi connectivity index (χ0n) is 23.2. The summed E-state index contributed by atoms with van der Waals surface area (Å²) in [6.07, 6.45) is 6.32. The normalized spacial score (nSPS) is 23.5. The summed E-state index contributed by atoms with van der Waals surface area (Å²) in [4.78, 5) is 25.6. The summed E-state index contributed by atoms with van der Waals surface area (Å²) in [7, 11) is -1.93. The van der Waals surface area contributed by atoms with Crippen molar-refractivity contribution in [1.82, 2.24) is 24.0 Å². The first-order valence-electron chi connectivity index (χ1n) is 14.4. The zero-order valence-corrected chi connectivity index (χ0v) is 24.0. The lowest BCUT2D eigenvalue weighted by molar-refractivity contribution is 0.0726. The van der Waals surface area contributed by atoms with Crippen molar-refractivity contribution in [2.24, 2.45) is 11.7 Å². The van der Waals surface area contributed by atoms with Crippen LogP contribution in [0.25, 0.3) is 33.6 Å². The number of sulfonamides is 1. The molecule has 1 amide bonds. The molecular weight excluding hydrogens is 542 g/mol. The molecule has 0 spiro atoms. The van der Waals surface area contributed by atoms with Gasteiger partial charge in [-0.1, -0.05) is 0 Å². The molecule has 3 fully saturated rings. The maximum atomic E-state index is 13.7. The third-order valence-corrected chi connectivity index (χ3v) is 10.5. The molecule has 214 valence electrons. The molecule has 6 heterocycles. The molecule has 2 saturated heterocycles. The van der Waals surface area contributed by atoms with Crippen LogP contribution in [0.4, 0.5) is 5.82 Å². The Morgan fingerprint density at radius 3 is 2.68 bits per heavy atom. The molecule has 11 nitrogen and oxygen atoms in total. The zero-order chi connectivity index (χ0) is 28.2. The van der Waals surface area contributed by atoms with E-state index in [4.69, 9.17) is 20.4 Å². The number of benzene rings is 1. The van der Waals surface area contributed by atoms with Crippen LogP contribution in [0.15, 0.2) is 30.3 Å². The molecule has 4 aromatic rings. The number of nitrogens with zero attached hydrogens (tertiary/aromatic N) is 6. The molecule has 41 heavy (non-hydrogen) atoms. The molecule has 1 aliphatic carbocycles. The minimum absolute atomic E-state index is 0.00319. The molecule has 3 aliphatic heterocycles. The number of carbonyl (C=O) groups is 1. The Kier molecular flexibility index (Phi) is 5.32. The number of ether oxygens (including phenoxy) is 1. The fraction of sp³-hybridized carbons (Fsp3) is 0.483. The Morgan fingerprint density at radius 1 is 1.15 bits per heavy atom. The van der Waals surface area contributed by atoms with Gasteiger partial charge in [-0.25, -0.2) is 18.4 Å². The lowest BCUT2D eigenvalue weighted by atomic mass is 9.97. The minimum atomic E-state index is -3.45. The van der Waals surface area contributed by atoms with Crippen molar-refractivity contribution in [3.05, 3.63) is 35.9 Å². The maximum Gasteiger partial charge on any atom is 0.254 e. The summed E-state index contributed by atoms with van der Waals surface area (Å²) < 4.78 is 36.1. The van der Waals surface area contributed by atoms with E-state index in [0.29, 0.717) is 36.2 Å². The Hall–Kier alpha value is -3.64. The quantitative estimate of drug-likeness (QED) is 0.374. The van der Waals surface area contributed by atoms with Crippen LogP contribution in [0.2, 0.25) is 0 Å². The van der Waals surface area contributed by atoms with Crippen LogP contribution in [0.5, 0.6) is 5.75 Å². The Balaban J connectivity index is 1.26. The summed E-state index contributed by atoms with van der Waals surface area (Å²) in [6, 6.07) is 9.86. The highest BCUT2D eigenvalue weighted by Gasteiger charge is 2.47. The number of hydrogen-bond acceptors (Lipinski definition) is 7. The van der Waals surface area contributed by atoms with Gasteiger partial charge in [0, 0.05) is 42.7 Å². The summed E-state index contributed by atoms with van der Waals surface area (Å²) in [5.74, 6) is 2.41. The molecule has 4 aliphatic rings. The summed E-state index contributed by atoms with van der Waals surface area (Å²) in [5.41, 5.74) is 10.2. The Labute approximate surface area is 237 Å². The number of carbonyl (C=O) groups excluding carboxylic acids is 1. The van der Waals surface area contributed by atoms with Crippen LogP contribution in [-0.2, 0) is 23.1 Å². The van der Waals surface area contributed by atoms with Crippen molar-refractivity contribution in [3.63, 3.8) is 0 Å². The fourth-order valence-electron chi connectivity index (χ4n) is 7.02. The number of pyridine rings is 1. The Bertz CT molecular complexity index is 1860. The van der Waals surface area contributed by atoms with Crippen molar-refractivity contribution in [2.75, 3.05) is 24.2 Å². The monoisotopic (exact) mass is 575 g/mol. The van der Waals surface area contributed by atoms with E-state index in [2.05, 4.69) is 15.2 Å². The molecular formula is C29H33N7O4S. The van der Waals surface area contributed by atoms with Crippen molar-refractivity contribution in [2.45, 2.75) is 63.3 Å². The Morgan fingerprint density at radius 2 is 1.98 bits per heavy atom. The third-order valence-electron chi connectivity index (χ3n) is 9.36. The standard InChI is InChI=1S/C29H33N7O4S/c1-33(41(2,38)39)25-8-5-17-12-23(35(27(17)32-25)15-16-3-4-16)28-31-21-11-18(13-24-26(21)34(28)9-10-40-24)29(37)36-19-6-7-22(36)20(30)14-19/h5,8,11-13,16,19-20,22H,3-4,6-7,9-10,14-15,30H2,1-2H3/t19-,20+,22+/m0/s1. The smallest absolute Gasteiger partial charge is 0.254 e. The van der Waals surface area contributed by atoms with E-state index in [-0.39, 0.29) is 24.0 Å². The van der Waals surface area contributed by atoms with Crippen molar-refractivity contribution >= 4 is 43.8 Å². The predicted molar refractivity (Wildman–Crippen MR) is 155 cm³/mol. The first-order chi connectivity index (χ1) is 19.7. The number of anilines is 1. The predicted octanol–water partition coefficient (Wildman–Crippen LogP) is 2.96. The van der Waals surface area contributed by atoms with Gasteiger partial charge in [-0.3, -0.25) is 9.10 Å². The van der Waals surface area contributed by atoms with Gasteiger partial charge in [-0.2, -0.15) is 0 Å². The van der Waals surface area contributed by atoms with E-state index in [0.717, 1.165) is 72.2 Å². The number of imidazole rings is 1. The van der Waals surface area contributed by atoms with Crippen molar-refractivity contribution < 1.29 is 17.9 Å². The van der Waals surface area contributed by atoms with E-state index >= 15 is 0 Å². The van der Waals surface area contributed by atoms with Crippen molar-refractivity contribution in [3.8, 4) is 17.3 Å². The van der Waals surface area contributed by atoms with E-state index < -0.39 is 10.0 Å². The number of nitrogens with two attached hydrogens (primary N) is 1. The summed E-state index contributed by atoms with van der Waals surface area (Å²) >= 11 is 0. The van der Waals surface area contributed by atoms with Gasteiger partial charge in [-0.05, 0) is 68.4 Å². The van der Waals surface area contributed by atoms with Gasteiger partial charge in [0.15, 0.2) is 5.82 Å². The average molecular weight is 576 g/mol. The number of fused-ring (bicyclic) bond motifs is 3. The second-order valence-corrected chi connectivity index (χ2v) is 14.1. The maximum absolute atomic E-state index is 13.7. The minimum Gasteiger partial charge on any atom is -0.489 e. The van der Waals surface area contributed by atoms with Gasteiger partial charge in [0.2, 0.25) is 10.0 Å². The number of rotatable bonds is 6. The van der Waals surface area contributed by atoms with Crippen molar-refractivity contribution in [1.29, 1.82) is 0 Å². The van der Waals surface area contributed by atoms with Gasteiger partial charge >= 0.3 is 0 Å². The molecule has 0 unspecified atom stereocenters. The number of hydrogen-bond donors (Lipinski definition) is 1. The molecule has 1 saturated carbocycles. The van der Waals surface area contributed by atoms with E-state index in [1.54, 1.807) is 6.07 Å². The van der Waals surface area contributed by atoms with Gasteiger partial charge in [0.25, 0.3) is 5.91 Å². The van der Waals surface area contributed by atoms with Gasteiger partial charge < -0.3 is 24.5 Å². The number of amides is 1. The highest BCUT2D eigenvalue weighted by molar-refractivity contribution is 7.92. The van der Waals surface area contributed by atoms with E-state index in [1.807, 2.05) is 23.1 Å². The average Bonchev–Trinajstić information content (AvgIpc) is 3.25. The van der Waals surface area contributed by atoms with Crippen LogP contribution in [-0.4, -0.2) is 76.4 Å². The van der Waals surface area contributed by atoms with E-state index in [1.165, 1.54) is 17.6 Å². The lowest BCUT2D eigenvalue weighted by Crippen LogP contribution is -2.40. The second-order valence-electron chi connectivity index (χ2n) is 12.1. The van der Waals surface area contributed by atoms with Gasteiger partial charge in [-0.15, -0.1) is 0 Å². The van der Waals surface area contributed by atoms with Gasteiger partial charge in [0.05, 0.1) is 24.0 Å². The van der Waals surface area contributed by atoms with Gasteiger partial charge in [0.1, 0.15) is 29.3 Å². The molecule has 2 bridgehead atoms. The topological polar surface area (TPSA) is 129 Å². The molecule has 8 rings (SSSR count). The first kappa shape index (κ1) is 25.1. The third kappa shape index (κ3) is 3.87. The second kappa shape index (κ2) is 8.68. The summed E-state index contributed by atoms with van der Waals surface area (Å²) in [5, 5.41) is 0.926. The largest absolute Gasteiger partial charge is 0.489 e. The highest BCUT2D eigenvalue weighted by Crippen LogP contribution is 2.41. The van der Waals surface area contributed by atoms with Crippen LogP contribution in [0, 0.1) is 5.92 Å². The van der Waals surface area contributed by atoms with E-state index in [9.17, 15) is 13.2 Å². The molecule has 2 N–H and O–H groups in total. The highest BCUT2D eigenvalue weighted by atomic mass is 32.2. The molecule has 0 radical (unpaired) electrons. The lowest BCUT2D eigenvalue weighted by Gasteiger charge is -2.24. The van der Waals surface area contributed by atoms with Crippen LogP contribution >= 0.6 is 0 Å². The molecule has 1 aromatic carbocycles. The number of aromatic nitrogens is 4. The molecule has 12 heteroatoms. The first-order valence-corrected chi connectivity index (χ1v) is 16.2. The van der Waals surface area contributed by atoms with Crippen LogP contribution in [0.1, 0.15) is 42.5 Å². The SMILES string of the molecule is CN(c1ccc2cc(-c3nc4cc(C(=O)N5[C@H]6CC[C@@H]5[C@H](N)C6)cc5c4n3CCO5)n(CC3CC3)c2n1)S(C)(=O)=O. The van der Waals surface area contributed by atoms with Crippen LogP contribution in [0.3, 0.4) is 0 Å². The molecule has 3 aromatic heterocycles. The fourth-order valence-corrected chi connectivity index (χ4v) is 7.46. The summed E-state index contributed by atoms with van der Waals surface area (Å²) in [6.45, 7) is 1.90. The molecule has 3 atom stereocenters. The van der Waals surface area contributed by atoms with Crippen LogP contribution < -0.4 is 14.8 Å².